The van der Waals surface area contributed by atoms with Crippen LogP contribution >= 0.6 is 0 Å². The Kier molecular flexibility index (Phi) is 1.88. The Balaban J connectivity index is 2.03. The molecule has 2 atom stereocenters. The number of hydrogen-bond donors (Lipinski definition) is 0. The van der Waals surface area contributed by atoms with Gasteiger partial charge in [0.2, 0.25) is 5.71 Å². The van der Waals surface area contributed by atoms with Gasteiger partial charge in [0.1, 0.15) is 25.3 Å². The standard InChI is InChI=1S/C18H17N2O/c1-10-8-12-4-7-20-13-9-21-14-5-6-19(3)18(16(13)14)15(11(10)2)17(12)20/h4-9,14,16H,1-3H3/q+1. The molecule has 0 radical (unpaired) electrons. The molecule has 0 spiro atoms. The van der Waals surface area contributed by atoms with E-state index in [1.807, 2.05) is 6.26 Å². The van der Waals surface area contributed by atoms with Crippen LogP contribution in [-0.4, -0.2) is 28.0 Å². The maximum atomic E-state index is 5.90. The van der Waals surface area contributed by atoms with Gasteiger partial charge in [-0.15, -0.1) is 0 Å². The summed E-state index contributed by atoms with van der Waals surface area (Å²) in [6, 6.07) is 4.50. The number of fused-ring (bicyclic) bond motifs is 2. The SMILES string of the molecule is Cc1cc2ccn3c2c(c1C)C1=[N+](C)C=CC2OC=C3C12. The minimum absolute atomic E-state index is 0.136. The van der Waals surface area contributed by atoms with Crippen LogP contribution in [0, 0.1) is 19.8 Å². The molecule has 0 saturated heterocycles. The molecule has 4 heterocycles. The van der Waals surface area contributed by atoms with E-state index in [1.165, 1.54) is 39.0 Å². The highest BCUT2D eigenvalue weighted by atomic mass is 16.5. The Morgan fingerprint density at radius 2 is 2.14 bits per heavy atom. The van der Waals surface area contributed by atoms with Crippen LogP contribution in [0.1, 0.15) is 16.7 Å². The van der Waals surface area contributed by atoms with Gasteiger partial charge in [0.25, 0.3) is 0 Å². The van der Waals surface area contributed by atoms with Gasteiger partial charge in [0.15, 0.2) is 6.20 Å². The molecule has 2 aromatic rings. The molecule has 1 aromatic heterocycles. The van der Waals surface area contributed by atoms with Crippen molar-refractivity contribution < 1.29 is 9.31 Å². The van der Waals surface area contributed by atoms with Gasteiger partial charge in [-0.3, -0.25) is 0 Å². The Labute approximate surface area is 123 Å². The zero-order valence-corrected chi connectivity index (χ0v) is 12.4. The molecule has 21 heavy (non-hydrogen) atoms. The number of nitrogens with zero attached hydrogens (tertiary/aromatic N) is 2. The monoisotopic (exact) mass is 277 g/mol. The lowest BCUT2D eigenvalue weighted by Crippen LogP contribution is -2.38. The predicted molar refractivity (Wildman–Crippen MR) is 83.5 cm³/mol. The lowest BCUT2D eigenvalue weighted by molar-refractivity contribution is -0.427. The van der Waals surface area contributed by atoms with Crippen molar-refractivity contribution in [1.29, 1.82) is 0 Å². The second kappa shape index (κ2) is 3.48. The Morgan fingerprint density at radius 3 is 3.00 bits per heavy atom. The third kappa shape index (κ3) is 1.19. The quantitative estimate of drug-likeness (QED) is 0.677. The molecule has 2 unspecified atom stereocenters. The lowest BCUT2D eigenvalue weighted by Gasteiger charge is -2.28. The van der Waals surface area contributed by atoms with E-state index in [1.54, 1.807) is 0 Å². The summed E-state index contributed by atoms with van der Waals surface area (Å²) in [4.78, 5) is 0. The van der Waals surface area contributed by atoms with Crippen LogP contribution in [0.25, 0.3) is 16.6 Å². The molecule has 3 aliphatic rings. The summed E-state index contributed by atoms with van der Waals surface area (Å²) in [5.74, 6) is 0.309. The van der Waals surface area contributed by atoms with E-state index in [9.17, 15) is 0 Å². The summed E-state index contributed by atoms with van der Waals surface area (Å²) in [6.07, 6.45) is 8.56. The molecule has 0 aliphatic carbocycles. The maximum absolute atomic E-state index is 5.90. The zero-order chi connectivity index (χ0) is 14.3. The van der Waals surface area contributed by atoms with Crippen LogP contribution < -0.4 is 0 Å². The molecular formula is C18H17N2O+. The van der Waals surface area contributed by atoms with Crippen molar-refractivity contribution in [3.05, 3.63) is 53.6 Å². The van der Waals surface area contributed by atoms with E-state index < -0.39 is 0 Å². The fourth-order valence-corrected chi connectivity index (χ4v) is 4.05. The molecular weight excluding hydrogens is 260 g/mol. The molecule has 0 fully saturated rings. The summed E-state index contributed by atoms with van der Waals surface area (Å²) in [5, 5.41) is 1.31. The Morgan fingerprint density at radius 1 is 1.29 bits per heavy atom. The fourth-order valence-electron chi connectivity index (χ4n) is 4.05. The highest BCUT2D eigenvalue weighted by molar-refractivity contribution is 6.17. The zero-order valence-electron chi connectivity index (χ0n) is 12.4. The van der Waals surface area contributed by atoms with E-state index in [-0.39, 0.29) is 6.10 Å². The third-order valence-electron chi connectivity index (χ3n) is 5.19. The van der Waals surface area contributed by atoms with Crippen LogP contribution in [0.4, 0.5) is 0 Å². The van der Waals surface area contributed by atoms with E-state index in [0.717, 1.165) is 0 Å². The minimum Gasteiger partial charge on any atom is -0.491 e. The number of aromatic nitrogens is 1. The summed E-state index contributed by atoms with van der Waals surface area (Å²) in [5.41, 5.74) is 8.08. The van der Waals surface area contributed by atoms with E-state index >= 15 is 0 Å². The number of hydrogen-bond acceptors (Lipinski definition) is 1. The molecule has 3 aliphatic heterocycles. The van der Waals surface area contributed by atoms with Gasteiger partial charge in [-0.1, -0.05) is 0 Å². The summed E-state index contributed by atoms with van der Waals surface area (Å²) in [7, 11) is 2.14. The number of ether oxygens (including phenoxy) is 1. The first-order valence-corrected chi connectivity index (χ1v) is 7.42. The molecule has 0 N–H and O–H groups in total. The smallest absolute Gasteiger partial charge is 0.204 e. The Bertz CT molecular complexity index is 911. The van der Waals surface area contributed by atoms with Gasteiger partial charge < -0.3 is 9.30 Å². The van der Waals surface area contributed by atoms with Gasteiger partial charge in [-0.2, -0.15) is 0 Å². The molecule has 3 heteroatoms. The normalized spacial score (nSPS) is 25.2. The highest BCUT2D eigenvalue weighted by Crippen LogP contribution is 2.44. The van der Waals surface area contributed by atoms with Gasteiger partial charge in [0, 0.05) is 17.7 Å². The first-order chi connectivity index (χ1) is 10.2. The average Bonchev–Trinajstić information content (AvgIpc) is 3.06. The first-order valence-electron chi connectivity index (χ1n) is 7.42. The Hall–Kier alpha value is -2.29. The van der Waals surface area contributed by atoms with Crippen molar-refractivity contribution in [1.82, 2.24) is 4.57 Å². The summed E-state index contributed by atoms with van der Waals surface area (Å²) in [6.45, 7) is 4.44. The number of rotatable bonds is 0. The summed E-state index contributed by atoms with van der Waals surface area (Å²) >= 11 is 0. The van der Waals surface area contributed by atoms with Gasteiger partial charge in [-0.25, -0.2) is 4.58 Å². The molecule has 104 valence electrons. The van der Waals surface area contributed by atoms with Crippen LogP contribution in [0.2, 0.25) is 0 Å². The predicted octanol–water partition coefficient (Wildman–Crippen LogP) is 3.04. The van der Waals surface area contributed by atoms with Crippen molar-refractivity contribution in [2.24, 2.45) is 5.92 Å². The van der Waals surface area contributed by atoms with Crippen LogP contribution in [-0.2, 0) is 4.74 Å². The number of aryl methyl sites for hydroxylation is 1. The van der Waals surface area contributed by atoms with Crippen LogP contribution in [0.5, 0.6) is 0 Å². The third-order valence-corrected chi connectivity index (χ3v) is 5.19. The van der Waals surface area contributed by atoms with E-state index in [2.05, 4.69) is 60.6 Å². The molecule has 0 bridgehead atoms. The molecule has 5 rings (SSSR count). The average molecular weight is 277 g/mol. The van der Waals surface area contributed by atoms with Gasteiger partial charge >= 0.3 is 0 Å². The first kappa shape index (κ1) is 11.4. The van der Waals surface area contributed by atoms with Crippen molar-refractivity contribution in [3.8, 4) is 0 Å². The highest BCUT2D eigenvalue weighted by Gasteiger charge is 2.47. The molecule has 1 aromatic carbocycles. The minimum atomic E-state index is 0.136. The maximum Gasteiger partial charge on any atom is 0.204 e. The van der Waals surface area contributed by atoms with E-state index in [4.69, 9.17) is 4.74 Å². The fraction of sp³-hybridized carbons (Fsp3) is 0.278. The van der Waals surface area contributed by atoms with Crippen molar-refractivity contribution >= 4 is 22.3 Å². The summed E-state index contributed by atoms with van der Waals surface area (Å²) < 4.78 is 10.5. The number of benzene rings is 1. The molecule has 3 nitrogen and oxygen atoms in total. The van der Waals surface area contributed by atoms with Gasteiger partial charge in [-0.05, 0) is 37.1 Å². The van der Waals surface area contributed by atoms with Crippen molar-refractivity contribution in [2.75, 3.05) is 7.05 Å². The topological polar surface area (TPSA) is 17.2 Å². The van der Waals surface area contributed by atoms with Crippen LogP contribution in [0.3, 0.4) is 0 Å². The molecule has 0 amide bonds. The largest absolute Gasteiger partial charge is 0.491 e. The second-order valence-electron chi connectivity index (χ2n) is 6.28. The van der Waals surface area contributed by atoms with Crippen molar-refractivity contribution in [3.63, 3.8) is 0 Å². The molecule has 0 saturated carbocycles. The van der Waals surface area contributed by atoms with Crippen molar-refractivity contribution in [2.45, 2.75) is 20.0 Å². The van der Waals surface area contributed by atoms with E-state index in [0.29, 0.717) is 5.92 Å². The van der Waals surface area contributed by atoms with Crippen LogP contribution in [0.15, 0.2) is 36.9 Å². The van der Waals surface area contributed by atoms with Gasteiger partial charge in [0.05, 0.1) is 16.8 Å². The lowest BCUT2D eigenvalue weighted by atomic mass is 9.82. The second-order valence-corrected chi connectivity index (χ2v) is 6.28.